The Labute approximate surface area is 152 Å². The van der Waals surface area contributed by atoms with Gasteiger partial charge in [0, 0.05) is 31.6 Å². The molecule has 0 radical (unpaired) electrons. The number of aryl methyl sites for hydroxylation is 1. The van der Waals surface area contributed by atoms with Crippen molar-refractivity contribution in [2.75, 3.05) is 19.5 Å². The summed E-state index contributed by atoms with van der Waals surface area (Å²) in [7, 11) is 5.03. The molecule has 0 aliphatic rings. The van der Waals surface area contributed by atoms with Gasteiger partial charge >= 0.3 is 0 Å². The van der Waals surface area contributed by atoms with E-state index in [-0.39, 0.29) is 5.91 Å². The van der Waals surface area contributed by atoms with Gasteiger partial charge in [0.05, 0.1) is 19.3 Å². The van der Waals surface area contributed by atoms with Crippen LogP contribution in [0.4, 0.5) is 5.69 Å². The molecular weight excluding hydrogens is 330 g/mol. The number of aromatic nitrogens is 2. The summed E-state index contributed by atoms with van der Waals surface area (Å²) in [4.78, 5) is 12.9. The van der Waals surface area contributed by atoms with Crippen LogP contribution >= 0.6 is 0 Å². The van der Waals surface area contributed by atoms with E-state index < -0.39 is 0 Å². The maximum absolute atomic E-state index is 12.9. The summed E-state index contributed by atoms with van der Waals surface area (Å²) in [6.07, 6.45) is 1.70. The molecule has 0 aliphatic carbocycles. The van der Waals surface area contributed by atoms with Crippen molar-refractivity contribution < 1.29 is 14.3 Å². The third kappa shape index (κ3) is 3.75. The molecule has 0 spiro atoms. The van der Waals surface area contributed by atoms with Gasteiger partial charge in [0.25, 0.3) is 5.91 Å². The van der Waals surface area contributed by atoms with Crippen LogP contribution < -0.4 is 10.1 Å². The van der Waals surface area contributed by atoms with Gasteiger partial charge in [-0.1, -0.05) is 24.3 Å². The fourth-order valence-corrected chi connectivity index (χ4v) is 2.80. The fourth-order valence-electron chi connectivity index (χ4n) is 2.80. The van der Waals surface area contributed by atoms with E-state index in [0.717, 1.165) is 11.1 Å². The number of rotatable bonds is 6. The van der Waals surface area contributed by atoms with Crippen LogP contribution in [0.25, 0.3) is 11.3 Å². The largest absolute Gasteiger partial charge is 0.496 e. The summed E-state index contributed by atoms with van der Waals surface area (Å²) in [5.41, 5.74) is 3.53. The van der Waals surface area contributed by atoms with E-state index in [1.165, 1.54) is 0 Å². The normalized spacial score (nSPS) is 10.6. The number of hydrogen-bond acceptors (Lipinski definition) is 4. The second kappa shape index (κ2) is 7.84. The highest BCUT2D eigenvalue weighted by atomic mass is 16.5. The maximum Gasteiger partial charge on any atom is 0.259 e. The van der Waals surface area contributed by atoms with Gasteiger partial charge < -0.3 is 14.8 Å². The van der Waals surface area contributed by atoms with E-state index >= 15 is 0 Å². The van der Waals surface area contributed by atoms with Crippen LogP contribution in [0.5, 0.6) is 5.75 Å². The van der Waals surface area contributed by atoms with E-state index in [0.29, 0.717) is 29.3 Å². The lowest BCUT2D eigenvalue weighted by atomic mass is 10.1. The third-order valence-corrected chi connectivity index (χ3v) is 3.93. The van der Waals surface area contributed by atoms with Crippen molar-refractivity contribution >= 4 is 11.6 Å². The van der Waals surface area contributed by atoms with Crippen LogP contribution in [0.2, 0.25) is 0 Å². The maximum atomic E-state index is 12.9. The van der Waals surface area contributed by atoms with Gasteiger partial charge in [0.15, 0.2) is 0 Å². The molecule has 2 aromatic carbocycles. The van der Waals surface area contributed by atoms with Crippen LogP contribution in [0.3, 0.4) is 0 Å². The van der Waals surface area contributed by atoms with Crippen molar-refractivity contribution in [3.05, 3.63) is 65.9 Å². The van der Waals surface area contributed by atoms with Crippen LogP contribution in [0.1, 0.15) is 15.9 Å². The first-order valence-electron chi connectivity index (χ1n) is 8.18. The molecule has 0 fully saturated rings. The van der Waals surface area contributed by atoms with Gasteiger partial charge in [-0.2, -0.15) is 5.10 Å². The van der Waals surface area contributed by atoms with Crippen molar-refractivity contribution in [2.45, 2.75) is 6.61 Å². The topological polar surface area (TPSA) is 65.4 Å². The standard InChI is InChI=1S/C20H21N3O3/c1-23-12-17(19(22-23)16-9-4-5-10-18(16)26-3)20(24)21-15-8-6-7-14(11-15)13-25-2/h4-12H,13H2,1-3H3,(H,21,24). The number of carbonyl (C=O) groups is 1. The number of benzene rings is 2. The van der Waals surface area contributed by atoms with Gasteiger partial charge in [0.2, 0.25) is 0 Å². The highest BCUT2D eigenvalue weighted by Gasteiger charge is 2.20. The van der Waals surface area contributed by atoms with Crippen LogP contribution in [0, 0.1) is 0 Å². The first-order chi connectivity index (χ1) is 12.6. The molecule has 1 amide bonds. The molecule has 6 nitrogen and oxygen atoms in total. The van der Waals surface area contributed by atoms with E-state index in [1.54, 1.807) is 32.1 Å². The summed E-state index contributed by atoms with van der Waals surface area (Å²) < 4.78 is 12.2. The number of amides is 1. The second-order valence-electron chi connectivity index (χ2n) is 5.85. The summed E-state index contributed by atoms with van der Waals surface area (Å²) in [5.74, 6) is 0.441. The number of carbonyl (C=O) groups excluding carboxylic acids is 1. The minimum atomic E-state index is -0.228. The van der Waals surface area contributed by atoms with Gasteiger partial charge in [-0.05, 0) is 29.8 Å². The molecule has 6 heteroatoms. The molecule has 1 heterocycles. The van der Waals surface area contributed by atoms with Crippen LogP contribution in [0.15, 0.2) is 54.7 Å². The first-order valence-corrected chi connectivity index (χ1v) is 8.18. The predicted molar refractivity (Wildman–Crippen MR) is 100 cm³/mol. The molecule has 0 unspecified atom stereocenters. The Morgan fingerprint density at radius 3 is 2.73 bits per heavy atom. The molecule has 0 atom stereocenters. The Hall–Kier alpha value is -3.12. The Morgan fingerprint density at radius 1 is 1.15 bits per heavy atom. The van der Waals surface area contributed by atoms with Crippen molar-refractivity contribution in [3.8, 4) is 17.0 Å². The van der Waals surface area contributed by atoms with Gasteiger partial charge in [0.1, 0.15) is 11.4 Å². The predicted octanol–water partition coefficient (Wildman–Crippen LogP) is 3.49. The lowest BCUT2D eigenvalue weighted by Gasteiger charge is -2.09. The molecule has 134 valence electrons. The van der Waals surface area contributed by atoms with Crippen molar-refractivity contribution in [2.24, 2.45) is 7.05 Å². The molecule has 1 aromatic heterocycles. The molecule has 3 rings (SSSR count). The summed E-state index contributed by atoms with van der Waals surface area (Å²) in [5, 5.41) is 7.38. The Morgan fingerprint density at radius 2 is 1.96 bits per heavy atom. The average Bonchev–Trinajstić information content (AvgIpc) is 3.04. The molecule has 0 bridgehead atoms. The monoisotopic (exact) mass is 351 g/mol. The first kappa shape index (κ1) is 17.7. The third-order valence-electron chi connectivity index (χ3n) is 3.93. The SMILES string of the molecule is COCc1cccc(NC(=O)c2cn(C)nc2-c2ccccc2OC)c1. The fraction of sp³-hybridized carbons (Fsp3) is 0.200. The van der Waals surface area contributed by atoms with Gasteiger partial charge in [-0.15, -0.1) is 0 Å². The number of methoxy groups -OCH3 is 2. The molecule has 26 heavy (non-hydrogen) atoms. The quantitative estimate of drug-likeness (QED) is 0.738. The highest BCUT2D eigenvalue weighted by Crippen LogP contribution is 2.31. The Kier molecular flexibility index (Phi) is 5.34. The molecule has 1 N–H and O–H groups in total. The zero-order valence-electron chi connectivity index (χ0n) is 15.0. The molecule has 0 aliphatic heterocycles. The van der Waals surface area contributed by atoms with Crippen molar-refractivity contribution in [1.82, 2.24) is 9.78 Å². The molecule has 3 aromatic rings. The number of para-hydroxylation sites is 1. The molecule has 0 saturated heterocycles. The number of hydrogen-bond donors (Lipinski definition) is 1. The Balaban J connectivity index is 1.92. The van der Waals surface area contributed by atoms with E-state index in [4.69, 9.17) is 9.47 Å². The zero-order chi connectivity index (χ0) is 18.5. The van der Waals surface area contributed by atoms with Gasteiger partial charge in [-0.25, -0.2) is 0 Å². The Bertz CT molecular complexity index is 918. The van der Waals surface area contributed by atoms with Crippen LogP contribution in [-0.4, -0.2) is 29.9 Å². The molecular formula is C20H21N3O3. The summed E-state index contributed by atoms with van der Waals surface area (Å²) in [6, 6.07) is 15.1. The van der Waals surface area contributed by atoms with E-state index in [1.807, 2.05) is 48.5 Å². The number of anilines is 1. The lowest BCUT2D eigenvalue weighted by molar-refractivity contribution is 0.102. The van der Waals surface area contributed by atoms with Crippen LogP contribution in [-0.2, 0) is 18.4 Å². The smallest absolute Gasteiger partial charge is 0.259 e. The number of nitrogens with one attached hydrogen (secondary N) is 1. The second-order valence-corrected chi connectivity index (χ2v) is 5.85. The van der Waals surface area contributed by atoms with E-state index in [2.05, 4.69) is 10.4 Å². The van der Waals surface area contributed by atoms with Crippen molar-refractivity contribution in [3.63, 3.8) is 0 Å². The van der Waals surface area contributed by atoms with Crippen molar-refractivity contribution in [1.29, 1.82) is 0 Å². The highest BCUT2D eigenvalue weighted by molar-refractivity contribution is 6.08. The number of nitrogens with zero attached hydrogens (tertiary/aromatic N) is 2. The number of ether oxygens (including phenoxy) is 2. The van der Waals surface area contributed by atoms with E-state index in [9.17, 15) is 4.79 Å². The molecule has 0 saturated carbocycles. The minimum absolute atomic E-state index is 0.228. The lowest BCUT2D eigenvalue weighted by Crippen LogP contribution is -2.12. The summed E-state index contributed by atoms with van der Waals surface area (Å²) >= 11 is 0. The zero-order valence-corrected chi connectivity index (χ0v) is 15.0. The summed E-state index contributed by atoms with van der Waals surface area (Å²) in [6.45, 7) is 0.489. The minimum Gasteiger partial charge on any atom is -0.496 e. The van der Waals surface area contributed by atoms with Gasteiger partial charge in [-0.3, -0.25) is 9.48 Å². The average molecular weight is 351 g/mol.